The van der Waals surface area contributed by atoms with Crippen LogP contribution in [0.1, 0.15) is 38.8 Å². The molecule has 0 aliphatic carbocycles. The first-order valence-corrected chi connectivity index (χ1v) is 8.72. The Bertz CT molecular complexity index is 598. The highest BCUT2D eigenvalue weighted by atomic mass is 127. The van der Waals surface area contributed by atoms with Gasteiger partial charge >= 0.3 is 0 Å². The van der Waals surface area contributed by atoms with E-state index in [9.17, 15) is 4.79 Å². The molecule has 6 nitrogen and oxygen atoms in total. The molecule has 3 N–H and O–H groups in total. The molecule has 26 heavy (non-hydrogen) atoms. The Hall–Kier alpha value is -1.51. The molecule has 0 spiro atoms. The van der Waals surface area contributed by atoms with E-state index >= 15 is 0 Å². The highest BCUT2D eigenvalue weighted by Crippen LogP contribution is 2.19. The molecule has 0 saturated carbocycles. The number of hydrogen-bond donors (Lipinski definition) is 3. The number of benzene rings is 1. The van der Waals surface area contributed by atoms with Gasteiger partial charge in [0.1, 0.15) is 12.3 Å². The molecule has 0 bridgehead atoms. The largest absolute Gasteiger partial charge is 0.496 e. The minimum absolute atomic E-state index is 0. The van der Waals surface area contributed by atoms with Crippen molar-refractivity contribution in [3.8, 4) is 5.75 Å². The van der Waals surface area contributed by atoms with E-state index in [-0.39, 0.29) is 42.0 Å². The second-order valence-electron chi connectivity index (χ2n) is 6.99. The molecule has 1 aromatic rings. The lowest BCUT2D eigenvalue weighted by Crippen LogP contribution is -2.43. The molecule has 0 heterocycles. The summed E-state index contributed by atoms with van der Waals surface area (Å²) < 4.78 is 5.40. The molecule has 1 rings (SSSR count). The van der Waals surface area contributed by atoms with E-state index in [4.69, 9.17) is 4.74 Å². The number of halogens is 1. The van der Waals surface area contributed by atoms with Gasteiger partial charge in [-0.3, -0.25) is 4.79 Å². The molecular weight excluding hydrogens is 443 g/mol. The van der Waals surface area contributed by atoms with Crippen LogP contribution in [0.5, 0.6) is 5.75 Å². The predicted molar refractivity (Wildman–Crippen MR) is 119 cm³/mol. The zero-order chi connectivity index (χ0) is 18.9. The summed E-state index contributed by atoms with van der Waals surface area (Å²) >= 11 is 0. The van der Waals surface area contributed by atoms with Crippen molar-refractivity contribution in [2.45, 2.75) is 46.6 Å². The van der Waals surface area contributed by atoms with Crippen molar-refractivity contribution in [3.63, 3.8) is 0 Å². The minimum Gasteiger partial charge on any atom is -0.496 e. The van der Waals surface area contributed by atoms with Crippen molar-refractivity contribution in [3.05, 3.63) is 29.3 Å². The maximum atomic E-state index is 11.9. The van der Waals surface area contributed by atoms with E-state index in [1.807, 2.05) is 39.8 Å². The third-order valence-electron chi connectivity index (χ3n) is 3.36. The summed E-state index contributed by atoms with van der Waals surface area (Å²) in [5.74, 6) is 1.43. The van der Waals surface area contributed by atoms with Crippen LogP contribution in [-0.4, -0.2) is 44.1 Å². The Labute approximate surface area is 174 Å². The van der Waals surface area contributed by atoms with E-state index in [1.165, 1.54) is 5.56 Å². The van der Waals surface area contributed by atoms with E-state index in [0.29, 0.717) is 12.5 Å². The number of aryl methyl sites for hydroxylation is 1. The van der Waals surface area contributed by atoms with Gasteiger partial charge in [-0.25, -0.2) is 4.99 Å². The summed E-state index contributed by atoms with van der Waals surface area (Å²) in [6.07, 6.45) is 0.809. The van der Waals surface area contributed by atoms with Gasteiger partial charge < -0.3 is 20.7 Å². The van der Waals surface area contributed by atoms with Crippen molar-refractivity contribution in [1.29, 1.82) is 0 Å². The molecule has 7 heteroatoms. The third kappa shape index (κ3) is 9.84. The molecule has 1 amide bonds. The van der Waals surface area contributed by atoms with E-state index in [1.54, 1.807) is 7.11 Å². The number of hydrogen-bond acceptors (Lipinski definition) is 3. The Morgan fingerprint density at radius 3 is 2.50 bits per heavy atom. The number of aliphatic imine (C=N–C) groups is 1. The van der Waals surface area contributed by atoms with Crippen LogP contribution < -0.4 is 20.7 Å². The van der Waals surface area contributed by atoms with Gasteiger partial charge in [0.05, 0.1) is 7.11 Å². The Morgan fingerprint density at radius 2 is 1.92 bits per heavy atom. The number of methoxy groups -OCH3 is 1. The molecule has 0 aromatic heterocycles. The maximum Gasteiger partial charge on any atom is 0.242 e. The number of amides is 1. The van der Waals surface area contributed by atoms with Gasteiger partial charge in [0.2, 0.25) is 5.91 Å². The van der Waals surface area contributed by atoms with Crippen LogP contribution in [0.2, 0.25) is 0 Å². The van der Waals surface area contributed by atoms with Crippen LogP contribution in [-0.2, 0) is 11.2 Å². The maximum absolute atomic E-state index is 11.9. The fourth-order valence-electron chi connectivity index (χ4n) is 2.37. The molecule has 0 saturated heterocycles. The average molecular weight is 476 g/mol. The van der Waals surface area contributed by atoms with Crippen molar-refractivity contribution in [2.75, 3.05) is 26.7 Å². The van der Waals surface area contributed by atoms with Crippen molar-refractivity contribution < 1.29 is 9.53 Å². The van der Waals surface area contributed by atoms with E-state index in [0.717, 1.165) is 24.3 Å². The minimum atomic E-state index is -0.250. The summed E-state index contributed by atoms with van der Waals surface area (Å²) in [5.41, 5.74) is 2.10. The summed E-state index contributed by atoms with van der Waals surface area (Å²) in [4.78, 5) is 16.2. The van der Waals surface area contributed by atoms with Gasteiger partial charge in [0.15, 0.2) is 5.96 Å². The summed E-state index contributed by atoms with van der Waals surface area (Å²) in [6, 6.07) is 6.15. The lowest BCUT2D eigenvalue weighted by atomic mass is 10.1. The van der Waals surface area contributed by atoms with Gasteiger partial charge in [0.25, 0.3) is 0 Å². The highest BCUT2D eigenvalue weighted by Gasteiger charge is 2.13. The average Bonchev–Trinajstić information content (AvgIpc) is 2.51. The number of rotatable bonds is 7. The highest BCUT2D eigenvalue weighted by molar-refractivity contribution is 14.0. The van der Waals surface area contributed by atoms with Gasteiger partial charge in [-0.2, -0.15) is 0 Å². The van der Waals surface area contributed by atoms with Crippen LogP contribution in [0, 0.1) is 6.92 Å². The lowest BCUT2D eigenvalue weighted by Gasteiger charge is -2.20. The number of carbonyl (C=O) groups excluding carboxylic acids is 1. The van der Waals surface area contributed by atoms with Gasteiger partial charge in [-0.15, -0.1) is 24.0 Å². The molecule has 1 aromatic carbocycles. The van der Waals surface area contributed by atoms with Gasteiger partial charge in [-0.05, 0) is 52.7 Å². The number of ether oxygens (including phenoxy) is 1. The smallest absolute Gasteiger partial charge is 0.242 e. The summed E-state index contributed by atoms with van der Waals surface area (Å²) in [5, 5.41) is 9.32. The van der Waals surface area contributed by atoms with E-state index in [2.05, 4.69) is 33.9 Å². The molecule has 0 aliphatic rings. The molecule has 0 radical (unpaired) electrons. The standard InChI is InChI=1S/C19H32N4O2.HI/c1-7-20-18(22-13-17(24)23-19(3,4)5)21-11-10-15-12-14(2)8-9-16(15)25-6;/h8-9,12H,7,10-11,13H2,1-6H3,(H,23,24)(H2,20,21,22);1H. The quantitative estimate of drug-likeness (QED) is 0.322. The second kappa shape index (κ2) is 12.0. The van der Waals surface area contributed by atoms with Crippen LogP contribution in [0.25, 0.3) is 0 Å². The van der Waals surface area contributed by atoms with Crippen LogP contribution in [0.15, 0.2) is 23.2 Å². The molecule has 0 fully saturated rings. The molecule has 0 aliphatic heterocycles. The number of nitrogens with zero attached hydrogens (tertiary/aromatic N) is 1. The topological polar surface area (TPSA) is 74.8 Å². The zero-order valence-electron chi connectivity index (χ0n) is 16.7. The molecule has 0 unspecified atom stereocenters. The Kier molecular flexibility index (Phi) is 11.3. The Balaban J connectivity index is 0.00000625. The lowest BCUT2D eigenvalue weighted by molar-refractivity contribution is -0.121. The molecular formula is C19H33IN4O2. The first-order valence-electron chi connectivity index (χ1n) is 8.72. The van der Waals surface area contributed by atoms with E-state index < -0.39 is 0 Å². The third-order valence-corrected chi connectivity index (χ3v) is 3.36. The Morgan fingerprint density at radius 1 is 1.23 bits per heavy atom. The normalized spacial score (nSPS) is 11.4. The SMILES string of the molecule is CCNC(=NCC(=O)NC(C)(C)C)NCCc1cc(C)ccc1OC.I. The predicted octanol–water partition coefficient (Wildman–Crippen LogP) is 2.63. The molecule has 0 atom stereocenters. The number of nitrogens with one attached hydrogen (secondary N) is 3. The first-order chi connectivity index (χ1) is 11.7. The van der Waals surface area contributed by atoms with Crippen molar-refractivity contribution in [2.24, 2.45) is 4.99 Å². The first kappa shape index (κ1) is 24.5. The van der Waals surface area contributed by atoms with Gasteiger partial charge in [-0.1, -0.05) is 17.7 Å². The number of guanidine groups is 1. The van der Waals surface area contributed by atoms with Crippen LogP contribution in [0.3, 0.4) is 0 Å². The van der Waals surface area contributed by atoms with Crippen LogP contribution in [0.4, 0.5) is 0 Å². The number of carbonyl (C=O) groups is 1. The van der Waals surface area contributed by atoms with Crippen LogP contribution >= 0.6 is 24.0 Å². The second-order valence-corrected chi connectivity index (χ2v) is 6.99. The van der Waals surface area contributed by atoms with Crippen molar-refractivity contribution >= 4 is 35.8 Å². The van der Waals surface area contributed by atoms with Crippen molar-refractivity contribution in [1.82, 2.24) is 16.0 Å². The molecule has 148 valence electrons. The van der Waals surface area contributed by atoms with Gasteiger partial charge in [0, 0.05) is 18.6 Å². The zero-order valence-corrected chi connectivity index (χ0v) is 19.1. The fraction of sp³-hybridized carbons (Fsp3) is 0.579. The monoisotopic (exact) mass is 476 g/mol. The summed E-state index contributed by atoms with van der Waals surface area (Å²) in [6.45, 7) is 11.5. The fourth-order valence-corrected chi connectivity index (χ4v) is 2.37. The summed E-state index contributed by atoms with van der Waals surface area (Å²) in [7, 11) is 1.68.